The van der Waals surface area contributed by atoms with Gasteiger partial charge in [-0.1, -0.05) is 12.1 Å². The number of carbonyl (C=O) groups is 1. The van der Waals surface area contributed by atoms with E-state index in [0.29, 0.717) is 17.6 Å². The average Bonchev–Trinajstić information content (AvgIpc) is 2.73. The molecule has 1 N–H and O–H groups in total. The lowest BCUT2D eigenvalue weighted by atomic mass is 9.95. The van der Waals surface area contributed by atoms with Gasteiger partial charge < -0.3 is 10.2 Å². The molecule has 0 aliphatic heterocycles. The van der Waals surface area contributed by atoms with Gasteiger partial charge in [-0.3, -0.25) is 14.2 Å². The Morgan fingerprint density at radius 2 is 1.93 bits per heavy atom. The fourth-order valence-electron chi connectivity index (χ4n) is 3.65. The van der Waals surface area contributed by atoms with E-state index in [2.05, 4.69) is 15.3 Å². The molecule has 0 saturated carbocycles. The number of aromatic nitrogens is 3. The maximum atomic E-state index is 12.8. The summed E-state index contributed by atoms with van der Waals surface area (Å²) in [5.41, 5.74) is 4.53. The van der Waals surface area contributed by atoms with Gasteiger partial charge in [-0.15, -0.1) is 0 Å². The van der Waals surface area contributed by atoms with Crippen molar-refractivity contribution >= 4 is 22.6 Å². The van der Waals surface area contributed by atoms with Crippen LogP contribution in [-0.2, 0) is 30.7 Å². The number of anilines is 1. The van der Waals surface area contributed by atoms with E-state index >= 15 is 0 Å². The van der Waals surface area contributed by atoms with E-state index in [1.807, 2.05) is 49.3 Å². The van der Waals surface area contributed by atoms with Crippen molar-refractivity contribution in [2.24, 2.45) is 0 Å². The highest BCUT2D eigenvalue weighted by Crippen LogP contribution is 2.21. The summed E-state index contributed by atoms with van der Waals surface area (Å²) in [4.78, 5) is 36.1. The number of amides is 1. The molecular weight excluding hydrogens is 366 g/mol. The number of nitrogens with zero attached hydrogens (tertiary/aromatic N) is 4. The summed E-state index contributed by atoms with van der Waals surface area (Å²) in [7, 11) is 3.97. The molecule has 0 saturated heterocycles. The number of carbonyl (C=O) groups excluding carboxylic acids is 1. The number of pyridine rings is 1. The highest BCUT2D eigenvalue weighted by atomic mass is 16.2. The zero-order valence-corrected chi connectivity index (χ0v) is 16.8. The van der Waals surface area contributed by atoms with Crippen molar-refractivity contribution in [1.82, 2.24) is 19.9 Å². The average molecular weight is 391 g/mol. The lowest BCUT2D eigenvalue weighted by Crippen LogP contribution is -2.32. The van der Waals surface area contributed by atoms with Gasteiger partial charge in [0.2, 0.25) is 5.91 Å². The second-order valence-electron chi connectivity index (χ2n) is 7.69. The number of benzene rings is 1. The SMILES string of the molecule is CN(C)c1ccc(CNC(=O)Cn2cnc3nc4c(cc3c2=O)CCCC4)cc1. The Balaban J connectivity index is 1.46. The quantitative estimate of drug-likeness (QED) is 0.720. The van der Waals surface area contributed by atoms with Crippen molar-refractivity contribution in [3.63, 3.8) is 0 Å². The molecule has 2 heterocycles. The first-order valence-corrected chi connectivity index (χ1v) is 9.92. The molecule has 150 valence electrons. The molecule has 7 heteroatoms. The van der Waals surface area contributed by atoms with Crippen LogP contribution in [0.1, 0.15) is 29.7 Å². The molecule has 3 aromatic rings. The number of aryl methyl sites for hydroxylation is 2. The molecule has 4 rings (SSSR count). The Kier molecular flexibility index (Phi) is 5.29. The molecule has 0 bridgehead atoms. The molecule has 0 radical (unpaired) electrons. The Hall–Kier alpha value is -3.22. The lowest BCUT2D eigenvalue weighted by molar-refractivity contribution is -0.121. The summed E-state index contributed by atoms with van der Waals surface area (Å²) < 4.78 is 1.35. The summed E-state index contributed by atoms with van der Waals surface area (Å²) >= 11 is 0. The lowest BCUT2D eigenvalue weighted by Gasteiger charge is -2.15. The largest absolute Gasteiger partial charge is 0.378 e. The number of rotatable bonds is 5. The third kappa shape index (κ3) is 4.13. The van der Waals surface area contributed by atoms with E-state index in [1.165, 1.54) is 10.9 Å². The molecular formula is C22H25N5O2. The van der Waals surface area contributed by atoms with Crippen LogP contribution < -0.4 is 15.8 Å². The number of hydrogen-bond acceptors (Lipinski definition) is 5. The fourth-order valence-corrected chi connectivity index (χ4v) is 3.65. The molecule has 2 aromatic heterocycles. The molecule has 1 aliphatic carbocycles. The van der Waals surface area contributed by atoms with E-state index < -0.39 is 0 Å². The van der Waals surface area contributed by atoms with Gasteiger partial charge in [0.25, 0.3) is 5.56 Å². The zero-order chi connectivity index (χ0) is 20.4. The van der Waals surface area contributed by atoms with Crippen molar-refractivity contribution in [1.29, 1.82) is 0 Å². The predicted molar refractivity (Wildman–Crippen MR) is 113 cm³/mol. The molecule has 1 amide bonds. The monoisotopic (exact) mass is 391 g/mol. The summed E-state index contributed by atoms with van der Waals surface area (Å²) in [6.07, 6.45) is 5.54. The third-order valence-corrected chi connectivity index (χ3v) is 5.35. The Labute approximate surface area is 169 Å². The zero-order valence-electron chi connectivity index (χ0n) is 16.8. The minimum absolute atomic E-state index is 0.0609. The van der Waals surface area contributed by atoms with Gasteiger partial charge in [0.15, 0.2) is 5.65 Å². The van der Waals surface area contributed by atoms with Gasteiger partial charge in [-0.25, -0.2) is 9.97 Å². The summed E-state index contributed by atoms with van der Waals surface area (Å²) in [5, 5.41) is 3.35. The summed E-state index contributed by atoms with van der Waals surface area (Å²) in [5.74, 6) is -0.226. The summed E-state index contributed by atoms with van der Waals surface area (Å²) in [6, 6.07) is 9.88. The highest BCUT2D eigenvalue weighted by Gasteiger charge is 2.15. The van der Waals surface area contributed by atoms with Crippen LogP contribution in [0.2, 0.25) is 0 Å². The van der Waals surface area contributed by atoms with Crippen LogP contribution in [0.5, 0.6) is 0 Å². The van der Waals surface area contributed by atoms with E-state index in [0.717, 1.165) is 48.2 Å². The first kappa shape index (κ1) is 19.1. The van der Waals surface area contributed by atoms with Gasteiger partial charge in [-0.2, -0.15) is 0 Å². The van der Waals surface area contributed by atoms with Crippen LogP contribution in [0.25, 0.3) is 11.0 Å². The topological polar surface area (TPSA) is 80.1 Å². The Morgan fingerprint density at radius 1 is 1.17 bits per heavy atom. The standard InChI is InChI=1S/C22H25N5O2/c1-26(2)17-9-7-15(8-10-17)12-23-20(28)13-27-14-24-21-18(22(27)29)11-16-5-3-4-6-19(16)25-21/h7-11,14H,3-6,12-13H2,1-2H3,(H,23,28). The smallest absolute Gasteiger partial charge is 0.263 e. The van der Waals surface area contributed by atoms with Crippen LogP contribution in [0.3, 0.4) is 0 Å². The van der Waals surface area contributed by atoms with Crippen molar-refractivity contribution in [2.75, 3.05) is 19.0 Å². The van der Waals surface area contributed by atoms with E-state index in [-0.39, 0.29) is 18.0 Å². The highest BCUT2D eigenvalue weighted by molar-refractivity contribution is 5.77. The molecule has 1 aromatic carbocycles. The second kappa shape index (κ2) is 8.03. The minimum atomic E-state index is -0.226. The van der Waals surface area contributed by atoms with Gasteiger partial charge >= 0.3 is 0 Å². The molecule has 29 heavy (non-hydrogen) atoms. The number of nitrogens with one attached hydrogen (secondary N) is 1. The van der Waals surface area contributed by atoms with Crippen LogP contribution >= 0.6 is 0 Å². The molecule has 1 aliphatic rings. The predicted octanol–water partition coefficient (Wildman–Crippen LogP) is 2.05. The normalized spacial score (nSPS) is 13.2. The van der Waals surface area contributed by atoms with Crippen molar-refractivity contribution in [3.05, 3.63) is 63.8 Å². The van der Waals surface area contributed by atoms with Gasteiger partial charge in [0.05, 0.1) is 5.39 Å². The van der Waals surface area contributed by atoms with Gasteiger partial charge in [0, 0.05) is 32.0 Å². The first-order chi connectivity index (χ1) is 14.0. The van der Waals surface area contributed by atoms with Crippen molar-refractivity contribution < 1.29 is 4.79 Å². The van der Waals surface area contributed by atoms with Crippen LogP contribution in [0, 0.1) is 0 Å². The molecule has 0 unspecified atom stereocenters. The van der Waals surface area contributed by atoms with E-state index in [1.54, 1.807) is 0 Å². The molecule has 0 spiro atoms. The molecule has 0 atom stereocenters. The van der Waals surface area contributed by atoms with Crippen LogP contribution in [-0.4, -0.2) is 34.5 Å². The maximum absolute atomic E-state index is 12.8. The number of fused-ring (bicyclic) bond motifs is 2. The maximum Gasteiger partial charge on any atom is 0.263 e. The summed E-state index contributed by atoms with van der Waals surface area (Å²) in [6.45, 7) is 0.353. The van der Waals surface area contributed by atoms with Crippen molar-refractivity contribution in [3.8, 4) is 0 Å². The van der Waals surface area contributed by atoms with Crippen LogP contribution in [0.15, 0.2) is 41.5 Å². The molecule has 0 fully saturated rings. The third-order valence-electron chi connectivity index (χ3n) is 5.35. The first-order valence-electron chi connectivity index (χ1n) is 9.92. The molecule has 7 nitrogen and oxygen atoms in total. The van der Waals surface area contributed by atoms with Gasteiger partial charge in [-0.05, 0) is 55.0 Å². The van der Waals surface area contributed by atoms with Crippen molar-refractivity contribution in [2.45, 2.75) is 38.8 Å². The van der Waals surface area contributed by atoms with Crippen LogP contribution in [0.4, 0.5) is 5.69 Å². The van der Waals surface area contributed by atoms with Gasteiger partial charge in [0.1, 0.15) is 12.9 Å². The minimum Gasteiger partial charge on any atom is -0.378 e. The number of hydrogen-bond donors (Lipinski definition) is 1. The Morgan fingerprint density at radius 3 is 2.69 bits per heavy atom. The van der Waals surface area contributed by atoms with E-state index in [4.69, 9.17) is 0 Å². The fraction of sp³-hybridized carbons (Fsp3) is 0.364. The Bertz CT molecular complexity index is 1100. The van der Waals surface area contributed by atoms with E-state index in [9.17, 15) is 9.59 Å². The second-order valence-corrected chi connectivity index (χ2v) is 7.69.